The van der Waals surface area contributed by atoms with Crippen LogP contribution in [-0.4, -0.2) is 46.0 Å². The summed E-state index contributed by atoms with van der Waals surface area (Å²) in [6.45, 7) is 1.63. The van der Waals surface area contributed by atoms with Gasteiger partial charge >= 0.3 is 0 Å². The summed E-state index contributed by atoms with van der Waals surface area (Å²) in [6.07, 6.45) is -0.380. The number of aryl methyl sites for hydroxylation is 1. The molecule has 3 N–H and O–H groups in total. The first-order chi connectivity index (χ1) is 21.0. The minimum absolute atomic E-state index is 0.0122. The summed E-state index contributed by atoms with van der Waals surface area (Å²) < 4.78 is 57.8. The topological polar surface area (TPSA) is 91.3 Å². The van der Waals surface area contributed by atoms with Crippen LogP contribution in [0.2, 0.25) is 15.1 Å². The number of imidazole rings is 1. The molecule has 0 atom stereocenters. The molecule has 5 rings (SSSR count). The molecule has 45 heavy (non-hydrogen) atoms. The zero-order valence-corrected chi connectivity index (χ0v) is 26.4. The molecule has 8 nitrogen and oxygen atoms in total. The molecule has 0 aliphatic carbocycles. The van der Waals surface area contributed by atoms with Crippen LogP contribution in [0.4, 0.5) is 40.6 Å². The Morgan fingerprint density at radius 3 is 2.44 bits per heavy atom. The summed E-state index contributed by atoms with van der Waals surface area (Å²) in [5, 5.41) is 8.40. The normalized spacial score (nSPS) is 14.6. The molecule has 1 saturated heterocycles. The Balaban J connectivity index is 1.51. The fourth-order valence-electron chi connectivity index (χ4n) is 4.84. The molecule has 0 radical (unpaired) electrons. The first-order valence-corrected chi connectivity index (χ1v) is 14.8. The number of nitrogens with zero attached hydrogens (tertiary/aromatic N) is 3. The van der Waals surface area contributed by atoms with Crippen molar-refractivity contribution in [1.82, 2.24) is 14.9 Å². The summed E-state index contributed by atoms with van der Waals surface area (Å²) in [6, 6.07) is 9.88. The fourth-order valence-corrected chi connectivity index (χ4v) is 5.55. The molecule has 1 aromatic heterocycles. The number of halogens is 7. The van der Waals surface area contributed by atoms with Gasteiger partial charge < -0.3 is 25.4 Å². The van der Waals surface area contributed by atoms with Gasteiger partial charge in [0.2, 0.25) is 5.95 Å². The van der Waals surface area contributed by atoms with Crippen LogP contribution in [-0.2, 0) is 18.4 Å². The van der Waals surface area contributed by atoms with Crippen molar-refractivity contribution in [3.05, 3.63) is 74.5 Å². The van der Waals surface area contributed by atoms with E-state index < -0.39 is 35.8 Å². The molecule has 0 spiro atoms. The van der Waals surface area contributed by atoms with Crippen molar-refractivity contribution in [2.45, 2.75) is 38.4 Å². The molecule has 2 amide bonds. The molecule has 1 aliphatic rings. The number of anilines is 4. The van der Waals surface area contributed by atoms with Crippen LogP contribution in [0.1, 0.15) is 36.2 Å². The van der Waals surface area contributed by atoms with Gasteiger partial charge in [-0.05, 0) is 55.8 Å². The van der Waals surface area contributed by atoms with Crippen molar-refractivity contribution < 1.29 is 27.2 Å². The molecule has 0 unspecified atom stereocenters. The molecular weight excluding hydrogens is 659 g/mol. The molecule has 2 heterocycles. The van der Waals surface area contributed by atoms with Crippen molar-refractivity contribution >= 4 is 80.7 Å². The summed E-state index contributed by atoms with van der Waals surface area (Å²) in [5.41, 5.74) is 0.00869. The predicted octanol–water partition coefficient (Wildman–Crippen LogP) is 7.88. The van der Waals surface area contributed by atoms with Gasteiger partial charge in [0, 0.05) is 32.2 Å². The van der Waals surface area contributed by atoms with E-state index >= 15 is 0 Å². The molecule has 238 valence electrons. The first kappa shape index (κ1) is 32.6. The molecule has 0 saturated carbocycles. The minimum Gasteiger partial charge on any atom is -0.365 e. The summed E-state index contributed by atoms with van der Waals surface area (Å²) in [7, 11) is 1.68. The van der Waals surface area contributed by atoms with Crippen LogP contribution in [0.15, 0.2) is 42.5 Å². The lowest BCUT2D eigenvalue weighted by Gasteiger charge is -2.22. The number of aromatic nitrogens is 2. The second kappa shape index (κ2) is 12.2. The van der Waals surface area contributed by atoms with Crippen molar-refractivity contribution in [3.8, 4) is 0 Å². The Labute approximate surface area is 270 Å². The monoisotopic (exact) mass is 684 g/mol. The van der Waals surface area contributed by atoms with Crippen LogP contribution in [0.5, 0.6) is 0 Å². The Morgan fingerprint density at radius 1 is 1.07 bits per heavy atom. The van der Waals surface area contributed by atoms with E-state index in [2.05, 4.69) is 20.9 Å². The maximum Gasteiger partial charge on any atom is 0.266 e. The smallest absolute Gasteiger partial charge is 0.266 e. The van der Waals surface area contributed by atoms with Gasteiger partial charge in [0.15, 0.2) is 5.67 Å². The van der Waals surface area contributed by atoms with Crippen LogP contribution in [0, 0.1) is 5.82 Å². The zero-order chi connectivity index (χ0) is 32.8. The van der Waals surface area contributed by atoms with Gasteiger partial charge in [-0.3, -0.25) is 9.59 Å². The fraction of sp³-hybridized carbons (Fsp3) is 0.300. The first-order valence-electron chi connectivity index (χ1n) is 13.6. The maximum absolute atomic E-state index is 14.3. The van der Waals surface area contributed by atoms with Gasteiger partial charge in [-0.2, -0.15) is 0 Å². The van der Waals surface area contributed by atoms with E-state index in [0.717, 1.165) is 19.9 Å². The summed E-state index contributed by atoms with van der Waals surface area (Å²) >= 11 is 18.9. The molecule has 3 aromatic carbocycles. The minimum atomic E-state index is -2.94. The quantitative estimate of drug-likeness (QED) is 0.164. The predicted molar refractivity (Wildman–Crippen MR) is 169 cm³/mol. The average Bonchev–Trinajstić information content (AvgIpc) is 3.48. The Morgan fingerprint density at radius 2 is 1.80 bits per heavy atom. The third kappa shape index (κ3) is 6.92. The number of alkyl halides is 3. The number of carbonyl (C=O) groups excluding carboxylic acids is 2. The van der Waals surface area contributed by atoms with Crippen molar-refractivity contribution in [2.75, 3.05) is 28.6 Å². The lowest BCUT2D eigenvalue weighted by Crippen LogP contribution is -2.38. The van der Waals surface area contributed by atoms with E-state index in [1.54, 1.807) is 29.8 Å². The highest BCUT2D eigenvalue weighted by Crippen LogP contribution is 2.38. The van der Waals surface area contributed by atoms with E-state index in [4.69, 9.17) is 34.8 Å². The Kier molecular flexibility index (Phi) is 8.87. The maximum atomic E-state index is 14.3. The number of rotatable bonds is 8. The van der Waals surface area contributed by atoms with Crippen molar-refractivity contribution in [1.29, 1.82) is 0 Å². The van der Waals surface area contributed by atoms with E-state index in [1.807, 2.05) is 0 Å². The number of benzene rings is 3. The van der Waals surface area contributed by atoms with Crippen molar-refractivity contribution in [3.63, 3.8) is 0 Å². The van der Waals surface area contributed by atoms with Crippen LogP contribution in [0.25, 0.3) is 11.0 Å². The molecule has 1 fully saturated rings. The Bertz CT molecular complexity index is 1830. The van der Waals surface area contributed by atoms with Gasteiger partial charge in [0.1, 0.15) is 5.82 Å². The number of hydrogen-bond acceptors (Lipinski definition) is 5. The molecule has 15 heteroatoms. The largest absolute Gasteiger partial charge is 0.365 e. The summed E-state index contributed by atoms with van der Waals surface area (Å²) in [4.78, 5) is 31.5. The lowest BCUT2D eigenvalue weighted by atomic mass is 10.1. The van der Waals surface area contributed by atoms with Crippen LogP contribution < -0.4 is 20.9 Å². The second-order valence-electron chi connectivity index (χ2n) is 11.1. The van der Waals surface area contributed by atoms with Crippen LogP contribution >= 0.6 is 34.8 Å². The second-order valence-corrected chi connectivity index (χ2v) is 12.3. The number of fused-ring (bicyclic) bond motifs is 1. The van der Waals surface area contributed by atoms with Gasteiger partial charge in [-0.15, -0.1) is 0 Å². The van der Waals surface area contributed by atoms with Gasteiger partial charge in [0.25, 0.3) is 17.7 Å². The van der Waals surface area contributed by atoms with Gasteiger partial charge in [0.05, 0.1) is 49.6 Å². The third-order valence-corrected chi connectivity index (χ3v) is 8.35. The van der Waals surface area contributed by atoms with E-state index in [0.29, 0.717) is 16.6 Å². The highest BCUT2D eigenvalue weighted by atomic mass is 35.5. The highest BCUT2D eigenvalue weighted by molar-refractivity contribution is 6.39. The number of hydrogen-bond donors (Lipinski definition) is 3. The molecule has 0 bridgehead atoms. The van der Waals surface area contributed by atoms with Crippen LogP contribution in [0.3, 0.4) is 0 Å². The number of carbonyl (C=O) groups is 2. The molecular formula is C30H27Cl3F4N6O2. The standard InChI is InChI=1S/C30H27Cl3F4N6O2/c1-29(2,35)27(45)38-13-15-4-6-18(31)25(24(15)33)41-28-40-21-11-17(26(44)39-16-5-7-20(34)19(32)10-16)22(12-23(21)42(28)3)43-9-8-30(36,37)14-43/h4-7,10-12H,8-9,13-14H2,1-3H3,(H,38,45)(H,39,44)(H,40,41). The number of amides is 2. The highest BCUT2D eigenvalue weighted by Gasteiger charge is 2.39. The van der Waals surface area contributed by atoms with Crippen molar-refractivity contribution in [2.24, 2.45) is 7.05 Å². The van der Waals surface area contributed by atoms with E-state index in [-0.39, 0.29) is 63.2 Å². The third-order valence-electron chi connectivity index (χ3n) is 7.32. The van der Waals surface area contributed by atoms with E-state index in [9.17, 15) is 27.2 Å². The summed E-state index contributed by atoms with van der Waals surface area (Å²) in [5.74, 6) is -4.80. The molecule has 1 aliphatic heterocycles. The number of nitrogens with one attached hydrogen (secondary N) is 3. The SMILES string of the molecule is Cn1c(Nc2c(Cl)ccc(CNC(=O)C(C)(C)F)c2Cl)nc2cc(C(=O)Nc3ccc(F)c(Cl)c3)c(N3CCC(F)(F)C3)cc21. The van der Waals surface area contributed by atoms with Gasteiger partial charge in [-0.1, -0.05) is 40.9 Å². The zero-order valence-electron chi connectivity index (χ0n) is 24.2. The Hall–Kier alpha value is -3.74. The molecule has 4 aromatic rings. The van der Waals surface area contributed by atoms with Gasteiger partial charge in [-0.25, -0.2) is 22.5 Å². The van der Waals surface area contributed by atoms with E-state index in [1.165, 1.54) is 23.1 Å². The lowest BCUT2D eigenvalue weighted by molar-refractivity contribution is -0.130. The average molecular weight is 686 g/mol.